The minimum atomic E-state index is -0.721. The van der Waals surface area contributed by atoms with Gasteiger partial charge in [-0.2, -0.15) is 0 Å². The lowest BCUT2D eigenvalue weighted by molar-refractivity contribution is -0.0417. The van der Waals surface area contributed by atoms with Gasteiger partial charge in [0.1, 0.15) is 11.6 Å². The van der Waals surface area contributed by atoms with E-state index in [1.165, 1.54) is 0 Å². The van der Waals surface area contributed by atoms with Gasteiger partial charge in [0, 0.05) is 54.7 Å². The smallest absolute Gasteiger partial charge is 0.119 e. The maximum atomic E-state index is 10.9. The van der Waals surface area contributed by atoms with Crippen LogP contribution < -0.4 is 4.74 Å². The summed E-state index contributed by atoms with van der Waals surface area (Å²) in [5, 5.41) is 22.7. The van der Waals surface area contributed by atoms with E-state index < -0.39 is 11.7 Å². The molecule has 0 radical (unpaired) electrons. The van der Waals surface area contributed by atoms with Crippen LogP contribution in [0.2, 0.25) is 0 Å². The second-order valence-electron chi connectivity index (χ2n) is 7.80. The number of methoxy groups -OCH3 is 1. The molecular weight excluding hydrogens is 356 g/mol. The third-order valence-electron chi connectivity index (χ3n) is 5.89. The standard InChI is InChI=1S/C21H28N4O3/c1-15-22-7-10-25(15)14-21(27)5-8-24(9-6-21)13-20(26)18-12-23-19-4-3-16(28-2)11-17(18)19/h3-4,7,10-12,20,23,26-27H,5-6,8-9,13-14H2,1-2H3. The lowest BCUT2D eigenvalue weighted by Crippen LogP contribution is -2.47. The summed E-state index contributed by atoms with van der Waals surface area (Å²) in [6.07, 6.45) is 6.31. The maximum Gasteiger partial charge on any atom is 0.119 e. The molecule has 1 unspecified atom stereocenters. The summed E-state index contributed by atoms with van der Waals surface area (Å²) < 4.78 is 7.31. The second kappa shape index (κ2) is 7.58. The molecule has 7 nitrogen and oxygen atoms in total. The molecule has 150 valence electrons. The number of aromatic amines is 1. The molecule has 7 heteroatoms. The van der Waals surface area contributed by atoms with Crippen LogP contribution in [0.15, 0.2) is 36.8 Å². The number of imidazole rings is 1. The van der Waals surface area contributed by atoms with Crippen molar-refractivity contribution in [2.75, 3.05) is 26.7 Å². The topological polar surface area (TPSA) is 86.5 Å². The number of aliphatic hydroxyl groups excluding tert-OH is 1. The van der Waals surface area contributed by atoms with Gasteiger partial charge in [-0.15, -0.1) is 0 Å². The lowest BCUT2D eigenvalue weighted by atomic mass is 9.91. The molecule has 0 bridgehead atoms. The van der Waals surface area contributed by atoms with E-state index in [2.05, 4.69) is 14.9 Å². The number of likely N-dealkylation sites (tertiary alicyclic amines) is 1. The van der Waals surface area contributed by atoms with Gasteiger partial charge in [-0.3, -0.25) is 0 Å². The molecule has 2 aromatic heterocycles. The number of aryl methyl sites for hydroxylation is 1. The number of rotatable bonds is 6. The summed E-state index contributed by atoms with van der Waals surface area (Å²) in [6.45, 7) is 4.58. The van der Waals surface area contributed by atoms with E-state index in [0.717, 1.165) is 41.1 Å². The van der Waals surface area contributed by atoms with Crippen molar-refractivity contribution in [3.05, 3.63) is 48.2 Å². The molecule has 3 heterocycles. The zero-order valence-electron chi connectivity index (χ0n) is 16.4. The van der Waals surface area contributed by atoms with Crippen LogP contribution in [0.3, 0.4) is 0 Å². The normalized spacial score (nSPS) is 18.4. The minimum Gasteiger partial charge on any atom is -0.497 e. The molecule has 1 aliphatic rings. The van der Waals surface area contributed by atoms with E-state index in [9.17, 15) is 10.2 Å². The van der Waals surface area contributed by atoms with Crippen molar-refractivity contribution in [2.45, 2.75) is 38.0 Å². The van der Waals surface area contributed by atoms with Crippen LogP contribution in [0.1, 0.15) is 30.3 Å². The first kappa shape index (κ1) is 19.0. The van der Waals surface area contributed by atoms with Crippen LogP contribution in [0.5, 0.6) is 5.75 Å². The number of benzene rings is 1. The molecular formula is C21H28N4O3. The van der Waals surface area contributed by atoms with Gasteiger partial charge in [0.15, 0.2) is 0 Å². The fraction of sp³-hybridized carbons (Fsp3) is 0.476. The summed E-state index contributed by atoms with van der Waals surface area (Å²) in [5.41, 5.74) is 1.14. The number of ether oxygens (including phenoxy) is 1. The molecule has 1 saturated heterocycles. The van der Waals surface area contributed by atoms with E-state index in [4.69, 9.17) is 4.74 Å². The predicted molar refractivity (Wildman–Crippen MR) is 107 cm³/mol. The van der Waals surface area contributed by atoms with E-state index in [1.807, 2.05) is 42.1 Å². The molecule has 0 saturated carbocycles. The van der Waals surface area contributed by atoms with Gasteiger partial charge < -0.3 is 29.4 Å². The van der Waals surface area contributed by atoms with Gasteiger partial charge in [0.05, 0.1) is 25.4 Å². The highest BCUT2D eigenvalue weighted by Gasteiger charge is 2.33. The predicted octanol–water partition coefficient (Wildman–Crippen LogP) is 2.24. The van der Waals surface area contributed by atoms with Gasteiger partial charge in [-0.05, 0) is 38.0 Å². The Bertz CT molecular complexity index is 940. The van der Waals surface area contributed by atoms with Crippen molar-refractivity contribution in [3.8, 4) is 5.75 Å². The van der Waals surface area contributed by atoms with Crippen LogP contribution in [0.4, 0.5) is 0 Å². The molecule has 0 amide bonds. The van der Waals surface area contributed by atoms with Crippen LogP contribution in [-0.2, 0) is 6.54 Å². The van der Waals surface area contributed by atoms with E-state index in [0.29, 0.717) is 25.9 Å². The van der Waals surface area contributed by atoms with Crippen molar-refractivity contribution in [3.63, 3.8) is 0 Å². The third-order valence-corrected chi connectivity index (χ3v) is 5.89. The highest BCUT2D eigenvalue weighted by atomic mass is 16.5. The molecule has 0 aliphatic carbocycles. The number of aromatic nitrogens is 3. The van der Waals surface area contributed by atoms with Gasteiger partial charge >= 0.3 is 0 Å². The van der Waals surface area contributed by atoms with Gasteiger partial charge in [-0.1, -0.05) is 0 Å². The van der Waals surface area contributed by atoms with Crippen molar-refractivity contribution in [2.24, 2.45) is 0 Å². The van der Waals surface area contributed by atoms with Crippen LogP contribution in [0.25, 0.3) is 10.9 Å². The van der Waals surface area contributed by atoms with Crippen molar-refractivity contribution in [1.29, 1.82) is 0 Å². The maximum absolute atomic E-state index is 10.9. The largest absolute Gasteiger partial charge is 0.497 e. The van der Waals surface area contributed by atoms with E-state index in [-0.39, 0.29) is 0 Å². The van der Waals surface area contributed by atoms with Crippen molar-refractivity contribution < 1.29 is 14.9 Å². The molecule has 1 aliphatic heterocycles. The average molecular weight is 384 g/mol. The molecule has 1 atom stereocenters. The summed E-state index contributed by atoms with van der Waals surface area (Å²) >= 11 is 0. The van der Waals surface area contributed by atoms with Gasteiger partial charge in [0.25, 0.3) is 0 Å². The summed E-state index contributed by atoms with van der Waals surface area (Å²) in [6, 6.07) is 5.82. The van der Waals surface area contributed by atoms with E-state index in [1.54, 1.807) is 13.3 Å². The van der Waals surface area contributed by atoms with Crippen molar-refractivity contribution in [1.82, 2.24) is 19.4 Å². The monoisotopic (exact) mass is 384 g/mol. The highest BCUT2D eigenvalue weighted by molar-refractivity contribution is 5.85. The van der Waals surface area contributed by atoms with Gasteiger partial charge in [0.2, 0.25) is 0 Å². The number of hydrogen-bond acceptors (Lipinski definition) is 5. The number of nitrogens with one attached hydrogen (secondary N) is 1. The Balaban J connectivity index is 1.39. The van der Waals surface area contributed by atoms with Crippen LogP contribution in [0, 0.1) is 6.92 Å². The molecule has 3 aromatic rings. The Kier molecular flexibility index (Phi) is 5.14. The third kappa shape index (κ3) is 3.78. The molecule has 1 fully saturated rings. The quantitative estimate of drug-likeness (QED) is 0.607. The summed E-state index contributed by atoms with van der Waals surface area (Å²) in [7, 11) is 1.64. The molecule has 3 N–H and O–H groups in total. The first-order valence-corrected chi connectivity index (χ1v) is 9.73. The minimum absolute atomic E-state index is 0.546. The number of piperidine rings is 1. The molecule has 0 spiro atoms. The zero-order valence-corrected chi connectivity index (χ0v) is 16.4. The first-order valence-electron chi connectivity index (χ1n) is 9.73. The Morgan fingerprint density at radius 3 is 2.79 bits per heavy atom. The summed E-state index contributed by atoms with van der Waals surface area (Å²) in [4.78, 5) is 9.67. The second-order valence-corrected chi connectivity index (χ2v) is 7.80. The first-order chi connectivity index (χ1) is 13.5. The lowest BCUT2D eigenvalue weighted by Gasteiger charge is -2.39. The van der Waals surface area contributed by atoms with Crippen LogP contribution >= 0.6 is 0 Å². The highest BCUT2D eigenvalue weighted by Crippen LogP contribution is 2.30. The number of fused-ring (bicyclic) bond motifs is 1. The number of nitrogens with zero attached hydrogens (tertiary/aromatic N) is 3. The SMILES string of the molecule is COc1ccc2[nH]cc(C(O)CN3CCC(O)(Cn4ccnc4C)CC3)c2c1. The van der Waals surface area contributed by atoms with Gasteiger partial charge in [-0.25, -0.2) is 4.98 Å². The zero-order chi connectivity index (χ0) is 19.7. The molecule has 4 rings (SSSR count). The fourth-order valence-electron chi connectivity index (χ4n) is 4.06. The number of hydrogen-bond donors (Lipinski definition) is 3. The summed E-state index contributed by atoms with van der Waals surface area (Å²) in [5.74, 6) is 1.69. The average Bonchev–Trinajstić information content (AvgIpc) is 3.29. The molecule has 28 heavy (non-hydrogen) atoms. The number of aliphatic hydroxyl groups is 2. The Hall–Kier alpha value is -2.35. The Morgan fingerprint density at radius 1 is 1.32 bits per heavy atom. The molecule has 1 aromatic carbocycles. The van der Waals surface area contributed by atoms with Crippen LogP contribution in [-0.4, -0.2) is 62.0 Å². The number of β-amino-alcohol motifs (C(OH)–C–C–N with tert-alkyl or cyclic N) is 1. The number of H-pyrrole nitrogens is 1. The Morgan fingerprint density at radius 2 is 2.11 bits per heavy atom. The van der Waals surface area contributed by atoms with E-state index >= 15 is 0 Å². The van der Waals surface area contributed by atoms with Crippen molar-refractivity contribution >= 4 is 10.9 Å². The fourth-order valence-corrected chi connectivity index (χ4v) is 4.06. The Labute approximate surface area is 164 Å².